The second kappa shape index (κ2) is 5.14. The number of hydrogen-bond donors (Lipinski definition) is 0. The molecule has 0 atom stereocenters. The van der Waals surface area contributed by atoms with Crippen molar-refractivity contribution in [1.82, 2.24) is 4.98 Å². The Labute approximate surface area is 109 Å². The summed E-state index contributed by atoms with van der Waals surface area (Å²) in [6.45, 7) is 1.61. The van der Waals surface area contributed by atoms with Crippen LogP contribution in [0.15, 0.2) is 36.5 Å². The molecule has 0 aliphatic heterocycles. The van der Waals surface area contributed by atoms with E-state index in [1.165, 1.54) is 18.3 Å². The largest absolute Gasteiger partial charge is 0.439 e. The Morgan fingerprint density at radius 1 is 1.37 bits per heavy atom. The van der Waals surface area contributed by atoms with Crippen molar-refractivity contribution < 1.29 is 9.66 Å². The fourth-order valence-electron chi connectivity index (χ4n) is 1.53. The molecule has 94 valence electrons. The molecule has 0 fully saturated rings. The van der Waals surface area contributed by atoms with Crippen LogP contribution in [0.2, 0.25) is 0 Å². The van der Waals surface area contributed by atoms with Crippen LogP contribution in [0, 0.1) is 28.4 Å². The molecule has 2 rings (SSSR count). The van der Waals surface area contributed by atoms with Crippen LogP contribution in [0.3, 0.4) is 0 Å². The van der Waals surface area contributed by atoms with E-state index < -0.39 is 4.92 Å². The van der Waals surface area contributed by atoms with Crippen molar-refractivity contribution in [2.75, 3.05) is 0 Å². The summed E-state index contributed by atoms with van der Waals surface area (Å²) in [6.07, 6.45) is 1.38. The molecule has 0 radical (unpaired) electrons. The average molecular weight is 255 g/mol. The number of nitro benzene ring substituents is 1. The van der Waals surface area contributed by atoms with E-state index in [9.17, 15) is 10.1 Å². The number of nitro groups is 1. The lowest BCUT2D eigenvalue weighted by molar-refractivity contribution is -0.385. The zero-order valence-corrected chi connectivity index (χ0v) is 10.0. The predicted molar refractivity (Wildman–Crippen MR) is 66.9 cm³/mol. The van der Waals surface area contributed by atoms with Crippen molar-refractivity contribution >= 4 is 5.69 Å². The summed E-state index contributed by atoms with van der Waals surface area (Å²) in [5, 5.41) is 19.5. The summed E-state index contributed by atoms with van der Waals surface area (Å²) in [6, 6.07) is 9.63. The Morgan fingerprint density at radius 2 is 2.16 bits per heavy atom. The SMILES string of the molecule is Cc1c(Oc2ccc(C#N)cn2)cccc1[N+](=O)[O-]. The number of nitriles is 1. The van der Waals surface area contributed by atoms with Crippen molar-refractivity contribution in [3.63, 3.8) is 0 Å². The summed E-state index contributed by atoms with van der Waals surface area (Å²) in [4.78, 5) is 14.3. The number of ether oxygens (including phenoxy) is 1. The molecule has 0 aliphatic rings. The van der Waals surface area contributed by atoms with Crippen LogP contribution in [-0.2, 0) is 0 Å². The van der Waals surface area contributed by atoms with E-state index in [0.29, 0.717) is 16.9 Å². The number of pyridine rings is 1. The molecule has 0 saturated heterocycles. The molecule has 2 aromatic rings. The standard InChI is InChI=1S/C13H9N3O3/c1-9-11(16(17)18)3-2-4-12(9)19-13-6-5-10(7-14)8-15-13/h2-6,8H,1H3. The van der Waals surface area contributed by atoms with Gasteiger partial charge in [0.15, 0.2) is 0 Å². The molecule has 1 aromatic heterocycles. The summed E-state index contributed by atoms with van der Waals surface area (Å²) in [5.74, 6) is 0.647. The topological polar surface area (TPSA) is 89.0 Å². The fourth-order valence-corrected chi connectivity index (χ4v) is 1.53. The van der Waals surface area contributed by atoms with Crippen LogP contribution in [0.5, 0.6) is 11.6 Å². The molecule has 0 aliphatic carbocycles. The van der Waals surface area contributed by atoms with Crippen LogP contribution in [-0.4, -0.2) is 9.91 Å². The normalized spacial score (nSPS) is 9.68. The van der Waals surface area contributed by atoms with Gasteiger partial charge in [-0.05, 0) is 19.1 Å². The van der Waals surface area contributed by atoms with Crippen molar-refractivity contribution in [3.05, 3.63) is 57.8 Å². The van der Waals surface area contributed by atoms with Gasteiger partial charge >= 0.3 is 0 Å². The van der Waals surface area contributed by atoms with Crippen LogP contribution in [0.1, 0.15) is 11.1 Å². The zero-order valence-electron chi connectivity index (χ0n) is 10.0. The Balaban J connectivity index is 2.30. The van der Waals surface area contributed by atoms with Crippen LogP contribution in [0.25, 0.3) is 0 Å². The van der Waals surface area contributed by atoms with Gasteiger partial charge in [-0.1, -0.05) is 6.07 Å². The maximum atomic E-state index is 10.8. The van der Waals surface area contributed by atoms with E-state index in [2.05, 4.69) is 4.98 Å². The Morgan fingerprint density at radius 3 is 2.74 bits per heavy atom. The molecule has 0 spiro atoms. The number of aromatic nitrogens is 1. The van der Waals surface area contributed by atoms with Gasteiger partial charge in [0.05, 0.1) is 16.1 Å². The van der Waals surface area contributed by atoms with Crippen LogP contribution in [0.4, 0.5) is 5.69 Å². The van der Waals surface area contributed by atoms with Crippen LogP contribution >= 0.6 is 0 Å². The van der Waals surface area contributed by atoms with Crippen molar-refractivity contribution in [2.45, 2.75) is 6.92 Å². The lowest BCUT2D eigenvalue weighted by atomic mass is 10.2. The quantitative estimate of drug-likeness (QED) is 0.621. The zero-order chi connectivity index (χ0) is 13.8. The maximum Gasteiger partial charge on any atom is 0.276 e. The van der Waals surface area contributed by atoms with Crippen molar-refractivity contribution in [3.8, 4) is 17.7 Å². The molecule has 6 heteroatoms. The van der Waals surface area contributed by atoms with Gasteiger partial charge in [0.2, 0.25) is 5.88 Å². The van der Waals surface area contributed by atoms with Crippen molar-refractivity contribution in [1.29, 1.82) is 5.26 Å². The molecule has 0 amide bonds. The second-order valence-electron chi connectivity index (χ2n) is 3.76. The van der Waals surface area contributed by atoms with E-state index in [0.717, 1.165) is 0 Å². The maximum absolute atomic E-state index is 10.8. The van der Waals surface area contributed by atoms with E-state index in [4.69, 9.17) is 10.00 Å². The monoisotopic (exact) mass is 255 g/mol. The van der Waals surface area contributed by atoms with Gasteiger partial charge in [0.25, 0.3) is 5.69 Å². The Kier molecular flexibility index (Phi) is 3.39. The van der Waals surface area contributed by atoms with Gasteiger partial charge in [-0.25, -0.2) is 4.98 Å². The lowest BCUT2D eigenvalue weighted by Gasteiger charge is -2.07. The molecule has 19 heavy (non-hydrogen) atoms. The summed E-state index contributed by atoms with van der Waals surface area (Å²) < 4.78 is 5.47. The lowest BCUT2D eigenvalue weighted by Crippen LogP contribution is -1.95. The highest BCUT2D eigenvalue weighted by atomic mass is 16.6. The molecule has 0 saturated carbocycles. The van der Waals surface area contributed by atoms with Crippen LogP contribution < -0.4 is 4.74 Å². The van der Waals surface area contributed by atoms with Gasteiger partial charge in [-0.3, -0.25) is 10.1 Å². The molecule has 6 nitrogen and oxygen atoms in total. The highest BCUT2D eigenvalue weighted by molar-refractivity contribution is 5.49. The summed E-state index contributed by atoms with van der Waals surface area (Å²) in [7, 11) is 0. The molecule has 0 unspecified atom stereocenters. The summed E-state index contributed by atoms with van der Waals surface area (Å²) >= 11 is 0. The first kappa shape index (κ1) is 12.5. The second-order valence-corrected chi connectivity index (χ2v) is 3.76. The third-order valence-electron chi connectivity index (χ3n) is 2.53. The smallest absolute Gasteiger partial charge is 0.276 e. The first-order chi connectivity index (χ1) is 9.11. The molecular formula is C13H9N3O3. The molecule has 1 aromatic carbocycles. The molecule has 0 N–H and O–H groups in total. The molecule has 0 bridgehead atoms. The van der Waals surface area contributed by atoms with E-state index >= 15 is 0 Å². The third-order valence-corrected chi connectivity index (χ3v) is 2.53. The number of benzene rings is 1. The third kappa shape index (κ3) is 2.66. The average Bonchev–Trinajstić information content (AvgIpc) is 2.41. The minimum atomic E-state index is -0.464. The highest BCUT2D eigenvalue weighted by Crippen LogP contribution is 2.29. The highest BCUT2D eigenvalue weighted by Gasteiger charge is 2.14. The Hall–Kier alpha value is -2.94. The van der Waals surface area contributed by atoms with Gasteiger partial charge in [0, 0.05) is 18.3 Å². The Bertz CT molecular complexity index is 660. The number of rotatable bonds is 3. The summed E-state index contributed by atoms with van der Waals surface area (Å²) in [5.41, 5.74) is 0.841. The number of nitrogens with zero attached hydrogens (tertiary/aromatic N) is 3. The van der Waals surface area contributed by atoms with E-state index in [1.807, 2.05) is 6.07 Å². The minimum Gasteiger partial charge on any atom is -0.439 e. The van der Waals surface area contributed by atoms with Gasteiger partial charge in [-0.15, -0.1) is 0 Å². The van der Waals surface area contributed by atoms with E-state index in [-0.39, 0.29) is 11.6 Å². The van der Waals surface area contributed by atoms with Gasteiger partial charge in [-0.2, -0.15) is 5.26 Å². The molecule has 1 heterocycles. The predicted octanol–water partition coefficient (Wildman–Crippen LogP) is 2.96. The molecular weight excluding hydrogens is 246 g/mol. The van der Waals surface area contributed by atoms with Gasteiger partial charge < -0.3 is 4.74 Å². The van der Waals surface area contributed by atoms with E-state index in [1.54, 1.807) is 25.1 Å². The van der Waals surface area contributed by atoms with Gasteiger partial charge in [0.1, 0.15) is 11.8 Å². The first-order valence-corrected chi connectivity index (χ1v) is 5.40. The van der Waals surface area contributed by atoms with Crippen molar-refractivity contribution in [2.24, 2.45) is 0 Å². The minimum absolute atomic E-state index is 0.00820. The first-order valence-electron chi connectivity index (χ1n) is 5.40. The fraction of sp³-hybridized carbons (Fsp3) is 0.0769. The number of hydrogen-bond acceptors (Lipinski definition) is 5.